The summed E-state index contributed by atoms with van der Waals surface area (Å²) in [6, 6.07) is 1.23. The van der Waals surface area contributed by atoms with E-state index in [1.165, 1.54) is 32.4 Å². The number of guanidine groups is 1. The first-order valence-electron chi connectivity index (χ1n) is 10.8. The number of hydrogen-bond donors (Lipinski definition) is 1. The molecular weight excluding hydrogens is 326 g/mol. The lowest BCUT2D eigenvalue weighted by Gasteiger charge is -2.32. The molecule has 0 bridgehead atoms. The molecule has 6 heteroatoms. The number of likely N-dealkylation sites (tertiary alicyclic amines) is 2. The predicted molar refractivity (Wildman–Crippen MR) is 108 cm³/mol. The van der Waals surface area contributed by atoms with Crippen LogP contribution in [0.25, 0.3) is 0 Å². The van der Waals surface area contributed by atoms with Crippen molar-refractivity contribution in [3.8, 4) is 0 Å². The molecule has 0 saturated carbocycles. The minimum atomic E-state index is 0.573. The molecule has 2 atom stereocenters. The molecule has 2 unspecified atom stereocenters. The summed E-state index contributed by atoms with van der Waals surface area (Å²) in [6.07, 6.45) is 3.94. The zero-order chi connectivity index (χ0) is 18.4. The summed E-state index contributed by atoms with van der Waals surface area (Å²) in [7, 11) is 0. The van der Waals surface area contributed by atoms with Gasteiger partial charge in [0, 0.05) is 44.8 Å². The molecule has 0 amide bonds. The minimum absolute atomic E-state index is 0.573. The van der Waals surface area contributed by atoms with Crippen LogP contribution in [0.4, 0.5) is 0 Å². The maximum atomic E-state index is 5.51. The topological polar surface area (TPSA) is 43.3 Å². The normalized spacial score (nSPS) is 27.5. The Kier molecular flexibility index (Phi) is 7.58. The Labute approximate surface area is 159 Å². The number of hydrogen-bond acceptors (Lipinski definition) is 4. The van der Waals surface area contributed by atoms with E-state index in [0.717, 1.165) is 58.4 Å². The zero-order valence-electron chi connectivity index (χ0n) is 17.1. The van der Waals surface area contributed by atoms with Gasteiger partial charge in [-0.2, -0.15) is 0 Å². The van der Waals surface area contributed by atoms with Crippen LogP contribution in [-0.4, -0.2) is 98.3 Å². The first kappa shape index (κ1) is 19.9. The second-order valence-corrected chi connectivity index (χ2v) is 8.29. The van der Waals surface area contributed by atoms with Crippen molar-refractivity contribution < 1.29 is 4.74 Å². The Morgan fingerprint density at radius 3 is 2.50 bits per heavy atom. The van der Waals surface area contributed by atoms with E-state index in [1.807, 2.05) is 0 Å². The van der Waals surface area contributed by atoms with Crippen LogP contribution in [0.1, 0.15) is 40.0 Å². The van der Waals surface area contributed by atoms with Crippen molar-refractivity contribution in [2.24, 2.45) is 10.9 Å². The molecule has 0 spiro atoms. The van der Waals surface area contributed by atoms with E-state index in [4.69, 9.17) is 9.73 Å². The fourth-order valence-electron chi connectivity index (χ4n) is 4.60. The van der Waals surface area contributed by atoms with E-state index in [2.05, 4.69) is 40.8 Å². The van der Waals surface area contributed by atoms with Gasteiger partial charge in [0.2, 0.25) is 0 Å². The molecule has 3 fully saturated rings. The monoisotopic (exact) mass is 365 g/mol. The third kappa shape index (κ3) is 5.11. The fourth-order valence-corrected chi connectivity index (χ4v) is 4.60. The van der Waals surface area contributed by atoms with E-state index in [1.54, 1.807) is 0 Å². The maximum absolute atomic E-state index is 5.51. The first-order valence-corrected chi connectivity index (χ1v) is 10.8. The average molecular weight is 366 g/mol. The van der Waals surface area contributed by atoms with Gasteiger partial charge in [-0.3, -0.25) is 14.8 Å². The molecule has 26 heavy (non-hydrogen) atoms. The van der Waals surface area contributed by atoms with E-state index >= 15 is 0 Å². The van der Waals surface area contributed by atoms with E-state index in [-0.39, 0.29) is 0 Å². The van der Waals surface area contributed by atoms with Crippen molar-refractivity contribution in [2.75, 3.05) is 65.6 Å². The standard InChI is InChI=1S/C20H39N5O/c1-4-21-20(22-15-19(17(2)3)24-8-5-6-9-24)25-10-7-18(16-25)23-11-13-26-14-12-23/h17-19H,4-16H2,1-3H3,(H,21,22). The van der Waals surface area contributed by atoms with Crippen molar-refractivity contribution >= 4 is 5.96 Å². The molecule has 0 aromatic heterocycles. The van der Waals surface area contributed by atoms with Crippen LogP contribution in [-0.2, 0) is 4.74 Å². The average Bonchev–Trinajstić information content (AvgIpc) is 3.34. The van der Waals surface area contributed by atoms with Gasteiger partial charge in [-0.25, -0.2) is 0 Å². The van der Waals surface area contributed by atoms with Gasteiger partial charge in [0.1, 0.15) is 0 Å². The molecule has 3 heterocycles. The first-order chi connectivity index (χ1) is 12.7. The Hall–Kier alpha value is -0.850. The second-order valence-electron chi connectivity index (χ2n) is 8.29. The van der Waals surface area contributed by atoms with E-state index in [9.17, 15) is 0 Å². The zero-order valence-corrected chi connectivity index (χ0v) is 17.1. The van der Waals surface area contributed by atoms with Gasteiger partial charge in [0.05, 0.1) is 19.8 Å². The van der Waals surface area contributed by atoms with Gasteiger partial charge >= 0.3 is 0 Å². The Balaban J connectivity index is 1.59. The van der Waals surface area contributed by atoms with Crippen LogP contribution >= 0.6 is 0 Å². The molecule has 0 aliphatic carbocycles. The summed E-state index contributed by atoms with van der Waals surface area (Å²) >= 11 is 0. The largest absolute Gasteiger partial charge is 0.379 e. The number of aliphatic imine (C=N–C) groups is 1. The van der Waals surface area contributed by atoms with Crippen molar-refractivity contribution in [1.82, 2.24) is 20.0 Å². The van der Waals surface area contributed by atoms with Crippen molar-refractivity contribution in [1.29, 1.82) is 0 Å². The molecule has 3 aliphatic heterocycles. The number of rotatable bonds is 6. The summed E-state index contributed by atoms with van der Waals surface area (Å²) in [5, 5.41) is 3.55. The van der Waals surface area contributed by atoms with Gasteiger partial charge in [-0.05, 0) is 45.2 Å². The van der Waals surface area contributed by atoms with Crippen LogP contribution in [0.2, 0.25) is 0 Å². The Morgan fingerprint density at radius 2 is 1.85 bits per heavy atom. The third-order valence-electron chi connectivity index (χ3n) is 6.17. The smallest absolute Gasteiger partial charge is 0.194 e. The van der Waals surface area contributed by atoms with Gasteiger partial charge in [-0.1, -0.05) is 13.8 Å². The van der Waals surface area contributed by atoms with Crippen LogP contribution < -0.4 is 5.32 Å². The second kappa shape index (κ2) is 9.90. The predicted octanol–water partition coefficient (Wildman–Crippen LogP) is 1.48. The highest BCUT2D eigenvalue weighted by molar-refractivity contribution is 5.80. The summed E-state index contributed by atoms with van der Waals surface area (Å²) in [4.78, 5) is 12.8. The number of nitrogens with one attached hydrogen (secondary N) is 1. The fraction of sp³-hybridized carbons (Fsp3) is 0.950. The summed E-state index contributed by atoms with van der Waals surface area (Å²) in [5.41, 5.74) is 0. The summed E-state index contributed by atoms with van der Waals surface area (Å²) in [6.45, 7) is 17.4. The molecule has 3 rings (SSSR count). The summed E-state index contributed by atoms with van der Waals surface area (Å²) < 4.78 is 5.51. The van der Waals surface area contributed by atoms with Gasteiger partial charge in [0.25, 0.3) is 0 Å². The van der Waals surface area contributed by atoms with E-state index in [0.29, 0.717) is 18.0 Å². The molecular formula is C20H39N5O. The lowest BCUT2D eigenvalue weighted by Crippen LogP contribution is -2.47. The van der Waals surface area contributed by atoms with Crippen LogP contribution in [0, 0.1) is 5.92 Å². The van der Waals surface area contributed by atoms with Crippen molar-refractivity contribution in [3.63, 3.8) is 0 Å². The van der Waals surface area contributed by atoms with Gasteiger partial charge in [-0.15, -0.1) is 0 Å². The lowest BCUT2D eigenvalue weighted by atomic mass is 10.0. The SMILES string of the molecule is CCNC(=NCC(C(C)C)N1CCCC1)N1CCC(N2CCOCC2)C1. The maximum Gasteiger partial charge on any atom is 0.194 e. The minimum Gasteiger partial charge on any atom is -0.379 e. The number of morpholine rings is 1. The number of nitrogens with zero attached hydrogens (tertiary/aromatic N) is 4. The molecule has 150 valence electrons. The van der Waals surface area contributed by atoms with Gasteiger partial charge < -0.3 is 15.0 Å². The van der Waals surface area contributed by atoms with Crippen molar-refractivity contribution in [3.05, 3.63) is 0 Å². The quantitative estimate of drug-likeness (QED) is 0.570. The Morgan fingerprint density at radius 1 is 1.12 bits per heavy atom. The third-order valence-corrected chi connectivity index (χ3v) is 6.17. The molecule has 3 aliphatic rings. The molecule has 0 radical (unpaired) electrons. The molecule has 6 nitrogen and oxygen atoms in total. The molecule has 0 aromatic rings. The number of ether oxygens (including phenoxy) is 1. The molecule has 1 N–H and O–H groups in total. The highest BCUT2D eigenvalue weighted by Gasteiger charge is 2.31. The van der Waals surface area contributed by atoms with Gasteiger partial charge in [0.15, 0.2) is 5.96 Å². The highest BCUT2D eigenvalue weighted by atomic mass is 16.5. The van der Waals surface area contributed by atoms with Crippen LogP contribution in [0.5, 0.6) is 0 Å². The van der Waals surface area contributed by atoms with Crippen molar-refractivity contribution in [2.45, 2.75) is 52.1 Å². The molecule has 3 saturated heterocycles. The highest BCUT2D eigenvalue weighted by Crippen LogP contribution is 2.20. The summed E-state index contributed by atoms with van der Waals surface area (Å²) in [5.74, 6) is 1.77. The lowest BCUT2D eigenvalue weighted by molar-refractivity contribution is 0.0195. The molecule has 0 aromatic carbocycles. The van der Waals surface area contributed by atoms with Crippen LogP contribution in [0.15, 0.2) is 4.99 Å². The Bertz CT molecular complexity index is 443. The van der Waals surface area contributed by atoms with Crippen LogP contribution in [0.3, 0.4) is 0 Å². The van der Waals surface area contributed by atoms with E-state index < -0.39 is 0 Å².